The summed E-state index contributed by atoms with van der Waals surface area (Å²) in [5.74, 6) is -2.65. The minimum Gasteiger partial charge on any atom is -0.0748 e. The predicted octanol–water partition coefficient (Wildman–Crippen LogP) is 0.641. The Morgan fingerprint density at radius 3 is 3.50 bits per heavy atom. The lowest BCUT2D eigenvalue weighted by molar-refractivity contribution is 1.45. The van der Waals surface area contributed by atoms with Gasteiger partial charge in [0.1, 0.15) is 0 Å². The Labute approximate surface area is 39.5 Å². The van der Waals surface area contributed by atoms with Crippen molar-refractivity contribution in [2.24, 2.45) is 0 Å². The molecule has 0 rings (SSSR count). The zero-order chi connectivity index (χ0) is 9.50. The van der Waals surface area contributed by atoms with Gasteiger partial charge >= 0.3 is 0 Å². The SMILES string of the molecule is [2H]C([2H])([2H])C([2H])([2H])[Si]([2H])([2H])C. The van der Waals surface area contributed by atoms with Crippen LogP contribution in [0.5, 0.6) is 0 Å². The molecule has 0 heterocycles. The third kappa shape index (κ3) is 2.22. The van der Waals surface area contributed by atoms with E-state index in [1.165, 1.54) is 0 Å². The highest BCUT2D eigenvalue weighted by Gasteiger charge is 1.58. The van der Waals surface area contributed by atoms with Crippen molar-refractivity contribution in [3.8, 4) is 0 Å². The van der Waals surface area contributed by atoms with E-state index in [0.29, 0.717) is 0 Å². The van der Waals surface area contributed by atoms with E-state index in [4.69, 9.17) is 9.32 Å². The largest absolute Gasteiger partial charge is 0.0748 e. The van der Waals surface area contributed by atoms with Crippen LogP contribution in [0.2, 0.25) is 12.5 Å². The standard InChI is InChI=1S/C3H10Si/c1-3-4-2/h3-4H2,1-2H3/i1D3,3D2,4D2. The first-order valence-corrected chi connectivity index (χ1v) is 2.50. The summed E-state index contributed by atoms with van der Waals surface area (Å²) in [6.45, 7) is -1.79. The summed E-state index contributed by atoms with van der Waals surface area (Å²) in [7, 11) is -3.75. The van der Waals surface area contributed by atoms with Gasteiger partial charge in [-0.3, -0.25) is 0 Å². The third-order valence-corrected chi connectivity index (χ3v) is 0.375. The molecule has 0 nitrogen and oxygen atoms in total. The van der Waals surface area contributed by atoms with Crippen LogP contribution in [-0.2, 0) is 0 Å². The van der Waals surface area contributed by atoms with Crippen LogP contribution in [0.1, 0.15) is 13.7 Å². The van der Waals surface area contributed by atoms with Crippen LogP contribution in [-0.4, -0.2) is 11.9 Å². The van der Waals surface area contributed by atoms with Crippen molar-refractivity contribution in [3.63, 3.8) is 0 Å². The molecule has 0 unspecified atom stereocenters. The first-order chi connectivity index (χ1) is 4.50. The molecule has 26 valence electrons. The fourth-order valence-corrected chi connectivity index (χ4v) is 0. The summed E-state index contributed by atoms with van der Waals surface area (Å²) in [6, 6.07) is 0. The molecule has 0 aromatic rings. The van der Waals surface area contributed by atoms with Gasteiger partial charge in [0.25, 0.3) is 0 Å². The lowest BCUT2D eigenvalue weighted by Crippen LogP contribution is -1.67. The van der Waals surface area contributed by atoms with Crippen molar-refractivity contribution >= 4 is 9.38 Å². The van der Waals surface area contributed by atoms with Crippen LogP contribution < -0.4 is 0 Å². The second kappa shape index (κ2) is 3.22. The van der Waals surface area contributed by atoms with E-state index >= 15 is 0 Å². The minimum atomic E-state index is -3.75. The maximum absolute atomic E-state index is 7.06. The van der Waals surface area contributed by atoms with Gasteiger partial charge in [-0.25, -0.2) is 0 Å². The molecule has 0 N–H and O–H groups in total. The smallest absolute Gasteiger partial charge is 0.0227 e. The summed E-state index contributed by atoms with van der Waals surface area (Å²) in [5.41, 5.74) is 0. The molecule has 0 aromatic heterocycles. The molecule has 0 aliphatic heterocycles. The molecular formula is C3H10Si. The van der Waals surface area contributed by atoms with Gasteiger partial charge in [-0.2, -0.15) is 0 Å². The first-order valence-electron chi connectivity index (χ1n) is 4.50. The Balaban J connectivity index is 4.75. The van der Waals surface area contributed by atoms with Crippen LogP contribution in [0.15, 0.2) is 0 Å². The Kier molecular flexibility index (Phi) is 0.336. The topological polar surface area (TPSA) is 0 Å². The Hall–Kier alpha value is 0.217. The number of rotatable bonds is 1. The van der Waals surface area contributed by atoms with E-state index in [1.807, 2.05) is 0 Å². The molecule has 0 aliphatic rings. The summed E-state index contributed by atoms with van der Waals surface area (Å²) >= 11 is 0. The van der Waals surface area contributed by atoms with Gasteiger partial charge in [0.05, 0.1) is 0 Å². The maximum Gasteiger partial charge on any atom is 0.0227 e. The molecule has 0 spiro atoms. The maximum atomic E-state index is 7.06. The van der Waals surface area contributed by atoms with Crippen LogP contribution in [0.4, 0.5) is 0 Å². The molecule has 4 heavy (non-hydrogen) atoms. The number of hydrogen-bond acceptors (Lipinski definition) is 0. The lowest BCUT2D eigenvalue weighted by Gasteiger charge is -1.66. The highest BCUT2D eigenvalue weighted by Crippen LogP contribution is 1.64. The molecular weight excluding hydrogens is 64.1 g/mol. The molecule has 1 heteroatoms. The molecule has 0 aliphatic carbocycles. The molecule has 0 saturated heterocycles. The van der Waals surface area contributed by atoms with Gasteiger partial charge in [-0.1, -0.05) is 19.4 Å². The van der Waals surface area contributed by atoms with Gasteiger partial charge in [-0.05, 0) is 0 Å². The van der Waals surface area contributed by atoms with Crippen LogP contribution in [0.3, 0.4) is 0 Å². The fourth-order valence-electron chi connectivity index (χ4n) is 0. The molecule has 0 aromatic carbocycles. The van der Waals surface area contributed by atoms with Crippen molar-refractivity contribution < 1.29 is 6.85 Å². The zero-order valence-electron chi connectivity index (χ0n) is 9.50. The Morgan fingerprint density at radius 2 is 3.50 bits per heavy atom. The van der Waals surface area contributed by atoms with E-state index in [9.17, 15) is 0 Å². The van der Waals surface area contributed by atoms with Gasteiger partial charge < -0.3 is 0 Å². The molecule has 0 atom stereocenters. The van der Waals surface area contributed by atoms with E-state index in [1.54, 1.807) is 0 Å². The zero-order valence-corrected chi connectivity index (χ0v) is 3.50. The highest BCUT2D eigenvalue weighted by atomic mass is 28.2. The van der Waals surface area contributed by atoms with Crippen molar-refractivity contribution in [2.45, 2.75) is 19.4 Å². The van der Waals surface area contributed by atoms with Gasteiger partial charge in [0.15, 0.2) is 0 Å². The predicted molar refractivity (Wildman–Crippen MR) is 24.9 cm³/mol. The quantitative estimate of drug-likeness (QED) is 0.406. The second-order valence-corrected chi connectivity index (χ2v) is 1.12. The van der Waals surface area contributed by atoms with Gasteiger partial charge in [-0.15, -0.1) is 0 Å². The van der Waals surface area contributed by atoms with Crippen molar-refractivity contribution in [2.75, 3.05) is 0 Å². The van der Waals surface area contributed by atoms with Gasteiger partial charge in [0, 0.05) is 18.7 Å². The van der Waals surface area contributed by atoms with Crippen molar-refractivity contribution in [3.05, 3.63) is 0 Å². The van der Waals surface area contributed by atoms with E-state index < -0.39 is 22.2 Å². The van der Waals surface area contributed by atoms with Crippen molar-refractivity contribution in [1.82, 2.24) is 0 Å². The number of hydrogen-bond donors (Lipinski definition) is 0. The Bertz CT molecular complexity index is 125. The fraction of sp³-hybridized carbons (Fsp3) is 1.00. The Morgan fingerprint density at radius 1 is 2.75 bits per heavy atom. The third-order valence-electron chi connectivity index (χ3n) is 0.125. The molecule has 0 saturated carbocycles. The minimum absolute atomic E-state index is 1.05. The molecule has 0 radical (unpaired) electrons. The van der Waals surface area contributed by atoms with Crippen LogP contribution >= 0.6 is 0 Å². The van der Waals surface area contributed by atoms with Gasteiger partial charge in [0.2, 0.25) is 0 Å². The van der Waals surface area contributed by atoms with E-state index in [-0.39, 0.29) is 0 Å². The van der Waals surface area contributed by atoms with E-state index in [0.717, 1.165) is 6.55 Å². The molecule has 0 amide bonds. The average molecular weight is 81.2 g/mol. The van der Waals surface area contributed by atoms with Crippen molar-refractivity contribution in [1.29, 1.82) is 2.47 Å². The highest BCUT2D eigenvalue weighted by molar-refractivity contribution is 6.33. The molecule has 0 fully saturated rings. The normalized spacial score (nSPS) is 43.8. The van der Waals surface area contributed by atoms with E-state index in [2.05, 4.69) is 0 Å². The molecule has 0 bridgehead atoms. The lowest BCUT2D eigenvalue weighted by atomic mass is 11.0. The summed E-state index contributed by atoms with van der Waals surface area (Å²) in [4.78, 5) is 0. The van der Waals surface area contributed by atoms with Crippen LogP contribution in [0.25, 0.3) is 0 Å². The van der Waals surface area contributed by atoms with Crippen LogP contribution in [0, 0.1) is 0 Å². The average Bonchev–Trinajstić information content (AvgIpc) is 1.58. The summed E-state index contributed by atoms with van der Waals surface area (Å²) < 4.78 is 48.4. The summed E-state index contributed by atoms with van der Waals surface area (Å²) in [5, 5.41) is 0. The second-order valence-electron chi connectivity index (χ2n) is 0.375. The monoisotopic (exact) mass is 81.1 g/mol. The first kappa shape index (κ1) is 0.418. The summed E-state index contributed by atoms with van der Waals surface area (Å²) in [6.07, 6.45) is 0.